The van der Waals surface area contributed by atoms with Crippen molar-refractivity contribution in [3.8, 4) is 0 Å². The molecule has 0 radical (unpaired) electrons. The third-order valence-corrected chi connectivity index (χ3v) is 7.18. The minimum Gasteiger partial charge on any atom is -0.361 e. The van der Waals surface area contributed by atoms with Gasteiger partial charge in [-0.3, -0.25) is 4.79 Å². The second-order valence-electron chi connectivity index (χ2n) is 7.13. The molecule has 2 heterocycles. The second kappa shape index (κ2) is 7.41. The van der Waals surface area contributed by atoms with Gasteiger partial charge in [-0.2, -0.15) is 4.31 Å². The number of hydrogen-bond acceptors (Lipinski definition) is 3. The van der Waals surface area contributed by atoms with Crippen molar-refractivity contribution in [3.63, 3.8) is 0 Å². The molecule has 6 nitrogen and oxygen atoms in total. The molecule has 0 spiro atoms. The Hall–Kier alpha value is -2.64. The lowest BCUT2D eigenvalue weighted by atomic mass is 10.1. The summed E-state index contributed by atoms with van der Waals surface area (Å²) in [6, 6.07) is 14.8. The molecule has 7 heteroatoms. The Morgan fingerprint density at radius 2 is 1.68 bits per heavy atom. The number of nitrogens with one attached hydrogen (secondary N) is 1. The number of sulfonamides is 1. The number of H-pyrrole nitrogens is 1. The molecular weight excluding hydrogens is 374 g/mol. The largest absolute Gasteiger partial charge is 0.361 e. The minimum absolute atomic E-state index is 0.0251. The van der Waals surface area contributed by atoms with Crippen molar-refractivity contribution in [1.82, 2.24) is 14.2 Å². The van der Waals surface area contributed by atoms with E-state index in [-0.39, 0.29) is 5.91 Å². The highest BCUT2D eigenvalue weighted by atomic mass is 32.2. The zero-order valence-corrected chi connectivity index (χ0v) is 16.6. The monoisotopic (exact) mass is 397 g/mol. The van der Waals surface area contributed by atoms with Gasteiger partial charge in [-0.1, -0.05) is 35.9 Å². The molecule has 1 aliphatic heterocycles. The van der Waals surface area contributed by atoms with Crippen LogP contribution >= 0.6 is 0 Å². The number of carbonyl (C=O) groups is 1. The maximum Gasteiger partial charge on any atom is 0.243 e. The van der Waals surface area contributed by atoms with Crippen LogP contribution in [0.15, 0.2) is 59.6 Å². The normalized spacial score (nSPS) is 15.8. The number of carbonyl (C=O) groups excluding carboxylic acids is 1. The van der Waals surface area contributed by atoms with Crippen molar-refractivity contribution in [1.29, 1.82) is 0 Å². The minimum atomic E-state index is -3.52. The maximum atomic E-state index is 12.8. The van der Waals surface area contributed by atoms with E-state index < -0.39 is 10.0 Å². The Balaban J connectivity index is 1.41. The fourth-order valence-electron chi connectivity index (χ4n) is 3.59. The third kappa shape index (κ3) is 3.55. The van der Waals surface area contributed by atoms with Crippen LogP contribution in [0.5, 0.6) is 0 Å². The van der Waals surface area contributed by atoms with Crippen molar-refractivity contribution in [2.45, 2.75) is 18.2 Å². The fourth-order valence-corrected chi connectivity index (χ4v) is 5.01. The predicted molar refractivity (Wildman–Crippen MR) is 109 cm³/mol. The smallest absolute Gasteiger partial charge is 0.243 e. The topological polar surface area (TPSA) is 73.5 Å². The van der Waals surface area contributed by atoms with Crippen molar-refractivity contribution in [2.75, 3.05) is 26.2 Å². The number of fused-ring (bicyclic) bond motifs is 1. The molecule has 0 atom stereocenters. The zero-order valence-electron chi connectivity index (χ0n) is 15.8. The summed E-state index contributed by atoms with van der Waals surface area (Å²) in [7, 11) is -3.52. The molecule has 2 aromatic carbocycles. The summed E-state index contributed by atoms with van der Waals surface area (Å²) in [5.74, 6) is 0.0251. The molecule has 146 valence electrons. The van der Waals surface area contributed by atoms with Gasteiger partial charge in [0, 0.05) is 43.3 Å². The molecule has 1 N–H and O–H groups in total. The summed E-state index contributed by atoms with van der Waals surface area (Å²) < 4.78 is 27.1. The predicted octanol–water partition coefficient (Wildman–Crippen LogP) is 2.55. The van der Waals surface area contributed by atoms with Crippen molar-refractivity contribution in [3.05, 3.63) is 65.9 Å². The van der Waals surface area contributed by atoms with Crippen LogP contribution in [0.3, 0.4) is 0 Å². The lowest BCUT2D eigenvalue weighted by molar-refractivity contribution is -0.131. The lowest BCUT2D eigenvalue weighted by Gasteiger charge is -2.34. The number of piperazine rings is 1. The highest BCUT2D eigenvalue weighted by molar-refractivity contribution is 7.89. The van der Waals surface area contributed by atoms with Gasteiger partial charge in [-0.15, -0.1) is 0 Å². The number of benzene rings is 2. The van der Waals surface area contributed by atoms with Crippen LogP contribution in [0.4, 0.5) is 0 Å². The number of hydrogen-bond donors (Lipinski definition) is 1. The lowest BCUT2D eigenvalue weighted by Crippen LogP contribution is -2.50. The molecule has 1 saturated heterocycles. The first kappa shape index (κ1) is 18.7. The van der Waals surface area contributed by atoms with Crippen molar-refractivity contribution < 1.29 is 13.2 Å². The van der Waals surface area contributed by atoms with Crippen LogP contribution in [0, 0.1) is 6.92 Å². The standard InChI is InChI=1S/C21H23N3O3S/c1-16-6-8-18(9-7-16)28(26,27)24-12-10-23(11-13-24)21(25)14-17-15-22-20-5-3-2-4-19(17)20/h2-9,15,22H,10-14H2,1H3. The average molecular weight is 398 g/mol. The fraction of sp³-hybridized carbons (Fsp3) is 0.286. The maximum absolute atomic E-state index is 12.8. The van der Waals surface area contributed by atoms with E-state index in [4.69, 9.17) is 0 Å². The molecule has 1 aliphatic rings. The van der Waals surface area contributed by atoms with Gasteiger partial charge in [0.05, 0.1) is 11.3 Å². The van der Waals surface area contributed by atoms with Crippen LogP contribution in [-0.4, -0.2) is 54.7 Å². The first-order valence-electron chi connectivity index (χ1n) is 9.35. The Morgan fingerprint density at radius 1 is 1.00 bits per heavy atom. The quantitative estimate of drug-likeness (QED) is 0.735. The van der Waals surface area contributed by atoms with Gasteiger partial charge in [-0.05, 0) is 30.7 Å². The van der Waals surface area contributed by atoms with E-state index in [1.807, 2.05) is 37.4 Å². The van der Waals surface area contributed by atoms with E-state index >= 15 is 0 Å². The highest BCUT2D eigenvalue weighted by Crippen LogP contribution is 2.21. The number of para-hydroxylation sites is 1. The molecule has 1 aromatic heterocycles. The van der Waals surface area contributed by atoms with Crippen LogP contribution in [0.25, 0.3) is 10.9 Å². The van der Waals surface area contributed by atoms with E-state index in [0.29, 0.717) is 37.5 Å². The van der Waals surface area contributed by atoms with Crippen LogP contribution in [0.1, 0.15) is 11.1 Å². The van der Waals surface area contributed by atoms with Gasteiger partial charge >= 0.3 is 0 Å². The molecule has 3 aromatic rings. The summed E-state index contributed by atoms with van der Waals surface area (Å²) in [5.41, 5.74) is 3.00. The van der Waals surface area contributed by atoms with E-state index in [1.165, 1.54) is 4.31 Å². The highest BCUT2D eigenvalue weighted by Gasteiger charge is 2.30. The first-order valence-corrected chi connectivity index (χ1v) is 10.8. The zero-order chi connectivity index (χ0) is 19.7. The Kier molecular flexibility index (Phi) is 4.95. The average Bonchev–Trinajstić information content (AvgIpc) is 3.11. The summed E-state index contributed by atoms with van der Waals surface area (Å²) in [4.78, 5) is 18.0. The molecule has 4 rings (SSSR count). The first-order chi connectivity index (χ1) is 13.4. The number of amides is 1. The van der Waals surface area contributed by atoms with Gasteiger partial charge < -0.3 is 9.88 Å². The Bertz CT molecular complexity index is 1100. The molecule has 1 fully saturated rings. The molecule has 0 bridgehead atoms. The van der Waals surface area contributed by atoms with Gasteiger partial charge in [-0.25, -0.2) is 8.42 Å². The number of nitrogens with zero attached hydrogens (tertiary/aromatic N) is 2. The summed E-state index contributed by atoms with van der Waals surface area (Å²) in [6.07, 6.45) is 2.19. The molecule has 28 heavy (non-hydrogen) atoms. The SMILES string of the molecule is Cc1ccc(S(=O)(=O)N2CCN(C(=O)Cc3c[nH]c4ccccc34)CC2)cc1. The van der Waals surface area contributed by atoms with Crippen LogP contribution in [-0.2, 0) is 21.2 Å². The molecular formula is C21H23N3O3S. The van der Waals surface area contributed by atoms with Crippen LogP contribution in [0.2, 0.25) is 0 Å². The van der Waals surface area contributed by atoms with E-state index in [1.54, 1.807) is 29.2 Å². The molecule has 0 saturated carbocycles. The van der Waals surface area contributed by atoms with Gasteiger partial charge in [0.15, 0.2) is 0 Å². The van der Waals surface area contributed by atoms with Gasteiger partial charge in [0.2, 0.25) is 15.9 Å². The van der Waals surface area contributed by atoms with Crippen molar-refractivity contribution in [2.24, 2.45) is 0 Å². The van der Waals surface area contributed by atoms with E-state index in [2.05, 4.69) is 4.98 Å². The van der Waals surface area contributed by atoms with Gasteiger partial charge in [0.25, 0.3) is 0 Å². The molecule has 0 aliphatic carbocycles. The molecule has 0 unspecified atom stereocenters. The number of aryl methyl sites for hydroxylation is 1. The summed E-state index contributed by atoms with van der Waals surface area (Å²) >= 11 is 0. The number of aromatic amines is 1. The van der Waals surface area contributed by atoms with E-state index in [9.17, 15) is 13.2 Å². The Morgan fingerprint density at radius 3 is 2.39 bits per heavy atom. The molecule has 1 amide bonds. The summed E-state index contributed by atoms with van der Waals surface area (Å²) in [6.45, 7) is 3.37. The summed E-state index contributed by atoms with van der Waals surface area (Å²) in [5, 5.41) is 1.05. The Labute approximate surface area is 164 Å². The van der Waals surface area contributed by atoms with Crippen molar-refractivity contribution >= 4 is 26.8 Å². The second-order valence-corrected chi connectivity index (χ2v) is 9.07. The van der Waals surface area contributed by atoms with Crippen LogP contribution < -0.4 is 0 Å². The number of rotatable bonds is 4. The van der Waals surface area contributed by atoms with Gasteiger partial charge in [0.1, 0.15) is 0 Å². The van der Waals surface area contributed by atoms with E-state index in [0.717, 1.165) is 22.0 Å². The third-order valence-electron chi connectivity index (χ3n) is 5.27. The number of aromatic nitrogens is 1.